The molecule has 1 saturated carbocycles. The normalized spacial score (nSPS) is 37.3. The van der Waals surface area contributed by atoms with E-state index in [9.17, 15) is 4.79 Å². The van der Waals surface area contributed by atoms with Crippen LogP contribution >= 0.6 is 0 Å². The average molecular weight is 326 g/mol. The second kappa shape index (κ2) is 6.12. The van der Waals surface area contributed by atoms with Crippen LogP contribution in [0.4, 0.5) is 0 Å². The SMILES string of the molecule is CC(C)=CCC1OC1C1CC(=O)C(Cc2ccccc2)CC12CO2. The summed E-state index contributed by atoms with van der Waals surface area (Å²) in [6.07, 6.45) is 6.00. The fraction of sp³-hybridized carbons (Fsp3) is 0.571. The Balaban J connectivity index is 1.40. The van der Waals surface area contributed by atoms with Crippen LogP contribution < -0.4 is 0 Å². The zero-order valence-corrected chi connectivity index (χ0v) is 14.5. The van der Waals surface area contributed by atoms with Crippen LogP contribution in [0.15, 0.2) is 42.0 Å². The van der Waals surface area contributed by atoms with Gasteiger partial charge >= 0.3 is 0 Å². The number of ether oxygens (including phenoxy) is 2. The number of allylic oxidation sites excluding steroid dienone is 1. The molecule has 1 spiro atoms. The van der Waals surface area contributed by atoms with Gasteiger partial charge < -0.3 is 9.47 Å². The highest BCUT2D eigenvalue weighted by Gasteiger charge is 2.63. The van der Waals surface area contributed by atoms with E-state index in [1.54, 1.807) is 0 Å². The van der Waals surface area contributed by atoms with Gasteiger partial charge in [0.15, 0.2) is 0 Å². The summed E-state index contributed by atoms with van der Waals surface area (Å²) >= 11 is 0. The number of rotatable bonds is 5. The molecule has 2 aliphatic heterocycles. The maximum atomic E-state index is 12.7. The van der Waals surface area contributed by atoms with Crippen LogP contribution in [0.1, 0.15) is 38.7 Å². The van der Waals surface area contributed by atoms with E-state index < -0.39 is 0 Å². The van der Waals surface area contributed by atoms with Gasteiger partial charge in [-0.3, -0.25) is 4.79 Å². The summed E-state index contributed by atoms with van der Waals surface area (Å²) in [4.78, 5) is 12.7. The molecule has 5 unspecified atom stereocenters. The van der Waals surface area contributed by atoms with Crippen molar-refractivity contribution in [2.75, 3.05) is 6.61 Å². The molecule has 4 rings (SSSR count). The maximum absolute atomic E-state index is 12.7. The molecule has 1 aliphatic carbocycles. The third-order valence-corrected chi connectivity index (χ3v) is 5.76. The molecule has 24 heavy (non-hydrogen) atoms. The van der Waals surface area contributed by atoms with Crippen LogP contribution in [0, 0.1) is 11.8 Å². The zero-order chi connectivity index (χ0) is 16.7. The lowest BCUT2D eigenvalue weighted by molar-refractivity contribution is -0.128. The quantitative estimate of drug-likeness (QED) is 0.612. The number of Topliss-reactive ketones (excluding diaryl/α,β-unsaturated/α-hetero) is 1. The van der Waals surface area contributed by atoms with Crippen LogP contribution in [0.25, 0.3) is 0 Å². The summed E-state index contributed by atoms with van der Waals surface area (Å²) in [7, 11) is 0. The highest BCUT2D eigenvalue weighted by atomic mass is 16.6. The number of epoxide rings is 2. The first-order valence-electron chi connectivity index (χ1n) is 9.07. The highest BCUT2D eigenvalue weighted by Crippen LogP contribution is 2.53. The predicted octanol–water partition coefficient (Wildman–Crippen LogP) is 3.72. The number of hydrogen-bond acceptors (Lipinski definition) is 3. The van der Waals surface area contributed by atoms with E-state index in [2.05, 4.69) is 32.1 Å². The summed E-state index contributed by atoms with van der Waals surface area (Å²) in [5.41, 5.74) is 2.48. The van der Waals surface area contributed by atoms with Gasteiger partial charge in [-0.05, 0) is 38.7 Å². The van der Waals surface area contributed by atoms with Gasteiger partial charge in [0.1, 0.15) is 5.78 Å². The zero-order valence-electron chi connectivity index (χ0n) is 14.5. The van der Waals surface area contributed by atoms with Crippen molar-refractivity contribution in [1.82, 2.24) is 0 Å². The topological polar surface area (TPSA) is 42.1 Å². The van der Waals surface area contributed by atoms with Crippen molar-refractivity contribution in [1.29, 1.82) is 0 Å². The monoisotopic (exact) mass is 326 g/mol. The summed E-state index contributed by atoms with van der Waals surface area (Å²) in [5.74, 6) is 0.746. The molecule has 0 radical (unpaired) electrons. The van der Waals surface area contributed by atoms with Crippen LogP contribution in [-0.2, 0) is 20.7 Å². The molecule has 1 aromatic rings. The Morgan fingerprint density at radius 3 is 2.71 bits per heavy atom. The number of hydrogen-bond donors (Lipinski definition) is 0. The van der Waals surface area contributed by atoms with E-state index in [0.29, 0.717) is 12.2 Å². The van der Waals surface area contributed by atoms with Crippen molar-refractivity contribution >= 4 is 5.78 Å². The van der Waals surface area contributed by atoms with Crippen molar-refractivity contribution in [3.63, 3.8) is 0 Å². The van der Waals surface area contributed by atoms with Gasteiger partial charge in [-0.15, -0.1) is 0 Å². The minimum absolute atomic E-state index is 0.0856. The van der Waals surface area contributed by atoms with E-state index in [4.69, 9.17) is 9.47 Å². The molecule has 0 amide bonds. The Kier molecular flexibility index (Phi) is 4.09. The van der Waals surface area contributed by atoms with Crippen molar-refractivity contribution < 1.29 is 14.3 Å². The Labute approximate surface area is 144 Å². The molecule has 0 aromatic heterocycles. The summed E-state index contributed by atoms with van der Waals surface area (Å²) in [6, 6.07) is 10.3. The van der Waals surface area contributed by atoms with Crippen LogP contribution in [-0.4, -0.2) is 30.2 Å². The van der Waals surface area contributed by atoms with E-state index in [-0.39, 0.29) is 29.6 Å². The summed E-state index contributed by atoms with van der Waals surface area (Å²) in [5, 5.41) is 0. The van der Waals surface area contributed by atoms with Gasteiger partial charge in [-0.2, -0.15) is 0 Å². The van der Waals surface area contributed by atoms with Gasteiger partial charge in [-0.1, -0.05) is 42.0 Å². The molecule has 3 heteroatoms. The van der Waals surface area contributed by atoms with Gasteiger partial charge in [-0.25, -0.2) is 0 Å². The summed E-state index contributed by atoms with van der Waals surface area (Å²) in [6.45, 7) is 5.02. The maximum Gasteiger partial charge on any atom is 0.136 e. The van der Waals surface area contributed by atoms with Crippen LogP contribution in [0.3, 0.4) is 0 Å². The standard InChI is InChI=1S/C21H26O3/c1-14(2)8-9-19-20(24-19)17-11-18(22)16(12-21(17)13-23-21)10-15-6-4-3-5-7-15/h3-8,16-17,19-20H,9-13H2,1-2H3. The minimum atomic E-state index is -0.0856. The number of carbonyl (C=O) groups excluding carboxylic acids is 1. The fourth-order valence-corrected chi connectivity index (χ4v) is 4.23. The molecule has 0 bridgehead atoms. The molecule has 128 valence electrons. The highest BCUT2D eigenvalue weighted by molar-refractivity contribution is 5.83. The van der Waals surface area contributed by atoms with Gasteiger partial charge in [0, 0.05) is 18.3 Å². The molecule has 3 fully saturated rings. The van der Waals surface area contributed by atoms with Crippen molar-refractivity contribution in [3.8, 4) is 0 Å². The summed E-state index contributed by atoms with van der Waals surface area (Å²) < 4.78 is 11.8. The van der Waals surface area contributed by atoms with Crippen LogP contribution in [0.5, 0.6) is 0 Å². The van der Waals surface area contributed by atoms with E-state index in [1.165, 1.54) is 11.1 Å². The second-order valence-electron chi connectivity index (χ2n) is 7.88. The lowest BCUT2D eigenvalue weighted by atomic mass is 9.69. The third kappa shape index (κ3) is 3.20. The molecule has 2 heterocycles. The first-order valence-corrected chi connectivity index (χ1v) is 9.07. The van der Waals surface area contributed by atoms with Gasteiger partial charge in [0.05, 0.1) is 24.4 Å². The van der Waals surface area contributed by atoms with Crippen LogP contribution in [0.2, 0.25) is 0 Å². The largest absolute Gasteiger partial charge is 0.369 e. The Morgan fingerprint density at radius 1 is 1.29 bits per heavy atom. The number of carbonyl (C=O) groups is 1. The first-order chi connectivity index (χ1) is 11.6. The van der Waals surface area contributed by atoms with Crippen molar-refractivity contribution in [2.45, 2.75) is 57.3 Å². The Bertz CT molecular complexity index is 640. The number of benzene rings is 1. The molecule has 3 aliphatic rings. The second-order valence-corrected chi connectivity index (χ2v) is 7.88. The lowest BCUT2D eigenvalue weighted by Crippen LogP contribution is -2.42. The first kappa shape index (κ1) is 16.0. The molecule has 3 nitrogen and oxygen atoms in total. The fourth-order valence-electron chi connectivity index (χ4n) is 4.23. The molecule has 2 saturated heterocycles. The minimum Gasteiger partial charge on any atom is -0.369 e. The Hall–Kier alpha value is -1.45. The molecule has 0 N–H and O–H groups in total. The van der Waals surface area contributed by atoms with Crippen molar-refractivity contribution in [2.24, 2.45) is 11.8 Å². The lowest BCUT2D eigenvalue weighted by Gasteiger charge is -2.32. The molecular formula is C21H26O3. The van der Waals surface area contributed by atoms with Crippen molar-refractivity contribution in [3.05, 3.63) is 47.5 Å². The Morgan fingerprint density at radius 2 is 2.04 bits per heavy atom. The molecule has 1 aromatic carbocycles. The van der Waals surface area contributed by atoms with Gasteiger partial charge in [0.25, 0.3) is 0 Å². The average Bonchev–Trinajstić information content (AvgIpc) is 3.47. The van der Waals surface area contributed by atoms with E-state index >= 15 is 0 Å². The molecule has 5 atom stereocenters. The third-order valence-electron chi connectivity index (χ3n) is 5.76. The van der Waals surface area contributed by atoms with E-state index in [1.807, 2.05) is 18.2 Å². The smallest absolute Gasteiger partial charge is 0.136 e. The number of ketones is 1. The predicted molar refractivity (Wildman–Crippen MR) is 92.8 cm³/mol. The molecular weight excluding hydrogens is 300 g/mol. The van der Waals surface area contributed by atoms with Gasteiger partial charge in [0.2, 0.25) is 0 Å². The van der Waals surface area contributed by atoms with E-state index in [0.717, 1.165) is 25.9 Å².